The largest absolute Gasteiger partial charge is 0.491 e. The molecule has 1 aliphatic heterocycles. The number of hydrogen-bond acceptors (Lipinski definition) is 7. The van der Waals surface area contributed by atoms with Gasteiger partial charge in [-0.2, -0.15) is 31.3 Å². The first-order valence-electron chi connectivity index (χ1n) is 13.8. The number of carbonyl (C=O) groups is 2. The van der Waals surface area contributed by atoms with Gasteiger partial charge in [0, 0.05) is 25.3 Å². The van der Waals surface area contributed by atoms with E-state index in [1.807, 2.05) is 0 Å². The van der Waals surface area contributed by atoms with Gasteiger partial charge in [0.25, 0.3) is 0 Å². The van der Waals surface area contributed by atoms with E-state index in [0.29, 0.717) is 5.69 Å². The Labute approximate surface area is 272 Å². The standard InChI is InChI=1S/C30H24F7N7O3S/c1-42(2)20-8-10-24(47-12-11-29(32,33)34)23(14-20)44-25(45)15-48-28(44)40-27(46)39-22-9-3-17(13-21(22)31)26-38-16-43(41-26)19-6-4-18(5-7-19)30(35,36)37/h3-10,13-14,16H,11-12,15H2,1-2H3,(H,39,46)/b40-28-. The first-order chi connectivity index (χ1) is 22.6. The fourth-order valence-corrected chi connectivity index (χ4v) is 5.21. The minimum atomic E-state index is -4.50. The van der Waals surface area contributed by atoms with E-state index in [1.165, 1.54) is 47.4 Å². The molecule has 5 rings (SSSR count). The zero-order valence-corrected chi connectivity index (χ0v) is 25.8. The Hall–Kier alpha value is -5.13. The minimum Gasteiger partial charge on any atom is -0.491 e. The van der Waals surface area contributed by atoms with Crippen LogP contribution in [0.15, 0.2) is 72.0 Å². The Kier molecular flexibility index (Phi) is 9.65. The van der Waals surface area contributed by atoms with Crippen molar-refractivity contribution < 1.29 is 45.1 Å². The van der Waals surface area contributed by atoms with E-state index in [0.717, 1.165) is 34.9 Å². The second-order valence-electron chi connectivity index (χ2n) is 10.4. The van der Waals surface area contributed by atoms with Gasteiger partial charge in [0.15, 0.2) is 11.0 Å². The number of benzene rings is 3. The van der Waals surface area contributed by atoms with Gasteiger partial charge < -0.3 is 15.0 Å². The molecule has 4 aromatic rings. The van der Waals surface area contributed by atoms with Crippen molar-refractivity contribution in [2.45, 2.75) is 18.8 Å². The molecule has 0 aliphatic carbocycles. The number of carbonyl (C=O) groups excluding carboxylic acids is 2. The van der Waals surface area contributed by atoms with Crippen LogP contribution in [0.5, 0.6) is 5.75 Å². The van der Waals surface area contributed by atoms with Crippen molar-refractivity contribution in [1.29, 1.82) is 0 Å². The summed E-state index contributed by atoms with van der Waals surface area (Å²) in [5, 5.41) is 6.36. The highest BCUT2D eigenvalue weighted by Gasteiger charge is 2.34. The van der Waals surface area contributed by atoms with Crippen LogP contribution in [0, 0.1) is 5.82 Å². The summed E-state index contributed by atoms with van der Waals surface area (Å²) in [5.41, 5.74) is 0.0351. The van der Waals surface area contributed by atoms with E-state index in [2.05, 4.69) is 20.4 Å². The molecule has 10 nitrogen and oxygen atoms in total. The van der Waals surface area contributed by atoms with Crippen LogP contribution in [0.25, 0.3) is 17.1 Å². The van der Waals surface area contributed by atoms with Gasteiger partial charge in [-0.05, 0) is 60.7 Å². The smallest absolute Gasteiger partial charge is 0.416 e. The van der Waals surface area contributed by atoms with Crippen LogP contribution in [0.4, 0.5) is 52.6 Å². The molecule has 48 heavy (non-hydrogen) atoms. The lowest BCUT2D eigenvalue weighted by atomic mass is 10.2. The molecule has 0 unspecified atom stereocenters. The third kappa shape index (κ3) is 8.04. The second-order valence-corrected chi connectivity index (χ2v) is 11.3. The van der Waals surface area contributed by atoms with E-state index in [1.54, 1.807) is 25.1 Å². The topological polar surface area (TPSA) is 105 Å². The molecule has 1 aromatic heterocycles. The number of amidine groups is 1. The van der Waals surface area contributed by atoms with E-state index in [9.17, 15) is 35.9 Å². The van der Waals surface area contributed by atoms with Crippen molar-refractivity contribution in [3.05, 3.63) is 78.4 Å². The first kappa shape index (κ1) is 34.2. The Morgan fingerprint density at radius 2 is 1.77 bits per heavy atom. The highest BCUT2D eigenvalue weighted by molar-refractivity contribution is 8.15. The van der Waals surface area contributed by atoms with Crippen LogP contribution in [-0.4, -0.2) is 64.5 Å². The summed E-state index contributed by atoms with van der Waals surface area (Å²) in [6, 6.07) is 11.3. The number of halogens is 7. The fraction of sp³-hybridized carbons (Fsp3) is 0.233. The van der Waals surface area contributed by atoms with Gasteiger partial charge in [0.2, 0.25) is 5.91 Å². The molecule has 1 saturated heterocycles. The maximum absolute atomic E-state index is 15.1. The highest BCUT2D eigenvalue weighted by Crippen LogP contribution is 2.38. The van der Waals surface area contributed by atoms with Crippen LogP contribution in [0.1, 0.15) is 12.0 Å². The van der Waals surface area contributed by atoms with Crippen molar-refractivity contribution in [3.63, 3.8) is 0 Å². The number of anilines is 3. The van der Waals surface area contributed by atoms with E-state index < -0.39 is 48.7 Å². The highest BCUT2D eigenvalue weighted by atomic mass is 32.2. The summed E-state index contributed by atoms with van der Waals surface area (Å²) < 4.78 is 98.5. The number of nitrogens with zero attached hydrogens (tertiary/aromatic N) is 6. The molecule has 252 valence electrons. The summed E-state index contributed by atoms with van der Waals surface area (Å²) in [7, 11) is 3.43. The predicted molar refractivity (Wildman–Crippen MR) is 165 cm³/mol. The Balaban J connectivity index is 1.33. The number of hydrogen-bond donors (Lipinski definition) is 1. The maximum atomic E-state index is 15.1. The van der Waals surface area contributed by atoms with Crippen molar-refractivity contribution in [2.75, 3.05) is 41.6 Å². The minimum absolute atomic E-state index is 0.0372. The number of urea groups is 1. The van der Waals surface area contributed by atoms with Crippen LogP contribution >= 0.6 is 11.8 Å². The lowest BCUT2D eigenvalue weighted by Crippen LogP contribution is -2.31. The van der Waals surface area contributed by atoms with E-state index >= 15 is 4.39 Å². The zero-order chi connectivity index (χ0) is 34.8. The number of alkyl halides is 6. The SMILES string of the molecule is CN(C)c1ccc(OCCC(F)(F)F)c(N2C(=O)CS/C2=N\C(=O)Nc2ccc(-c3ncn(-c4ccc(C(F)(F)F)cc4)n3)cc2F)c1. The van der Waals surface area contributed by atoms with Gasteiger partial charge in [-0.3, -0.25) is 9.69 Å². The van der Waals surface area contributed by atoms with Crippen LogP contribution < -0.4 is 19.9 Å². The fourth-order valence-electron chi connectivity index (χ4n) is 4.35. The number of nitrogens with one attached hydrogen (secondary N) is 1. The number of amides is 3. The molecule has 2 heterocycles. The molecule has 3 aromatic carbocycles. The van der Waals surface area contributed by atoms with E-state index in [-0.39, 0.29) is 45.1 Å². The summed E-state index contributed by atoms with van der Waals surface area (Å²) in [6.07, 6.45) is -8.95. The second kappa shape index (κ2) is 13.5. The molecule has 0 saturated carbocycles. The third-order valence-electron chi connectivity index (χ3n) is 6.73. The van der Waals surface area contributed by atoms with Gasteiger partial charge in [-0.15, -0.1) is 5.10 Å². The zero-order valence-electron chi connectivity index (χ0n) is 24.9. The normalized spacial score (nSPS) is 14.5. The molecular formula is C30H24F7N7O3S. The summed E-state index contributed by atoms with van der Waals surface area (Å²) in [4.78, 5) is 36.5. The molecule has 0 radical (unpaired) electrons. The number of aliphatic imine (C=N–C) groups is 1. The molecule has 0 spiro atoms. The van der Waals surface area contributed by atoms with Crippen LogP contribution in [-0.2, 0) is 11.0 Å². The molecule has 1 fully saturated rings. The quantitative estimate of drug-likeness (QED) is 0.195. The maximum Gasteiger partial charge on any atom is 0.416 e. The average Bonchev–Trinajstić information content (AvgIpc) is 3.64. The van der Waals surface area contributed by atoms with Gasteiger partial charge in [0.1, 0.15) is 17.9 Å². The van der Waals surface area contributed by atoms with Crippen molar-refractivity contribution in [1.82, 2.24) is 14.8 Å². The molecule has 1 N–H and O–H groups in total. The van der Waals surface area contributed by atoms with Crippen molar-refractivity contribution >= 4 is 45.9 Å². The molecule has 0 atom stereocenters. The number of rotatable bonds is 8. The van der Waals surface area contributed by atoms with Gasteiger partial charge in [-0.1, -0.05) is 11.8 Å². The summed E-state index contributed by atoms with van der Waals surface area (Å²) >= 11 is 0.898. The number of ether oxygens (including phenoxy) is 1. The van der Waals surface area contributed by atoms with Gasteiger partial charge in [0.05, 0.1) is 41.4 Å². The van der Waals surface area contributed by atoms with Crippen LogP contribution in [0.2, 0.25) is 0 Å². The molecule has 0 bridgehead atoms. The Bertz CT molecular complexity index is 1860. The van der Waals surface area contributed by atoms with Crippen molar-refractivity contribution in [3.8, 4) is 22.8 Å². The monoisotopic (exact) mass is 695 g/mol. The van der Waals surface area contributed by atoms with E-state index in [4.69, 9.17) is 4.74 Å². The Morgan fingerprint density at radius 3 is 2.42 bits per heavy atom. The lowest BCUT2D eigenvalue weighted by molar-refractivity contribution is -0.139. The first-order valence-corrected chi connectivity index (χ1v) is 14.8. The summed E-state index contributed by atoms with van der Waals surface area (Å²) in [6.45, 7) is -0.708. The van der Waals surface area contributed by atoms with Gasteiger partial charge >= 0.3 is 18.4 Å². The lowest BCUT2D eigenvalue weighted by Gasteiger charge is -2.23. The predicted octanol–water partition coefficient (Wildman–Crippen LogP) is 7.16. The summed E-state index contributed by atoms with van der Waals surface area (Å²) in [5.74, 6) is -1.52. The third-order valence-corrected chi connectivity index (χ3v) is 7.65. The average molecular weight is 696 g/mol. The van der Waals surface area contributed by atoms with Crippen LogP contribution in [0.3, 0.4) is 0 Å². The van der Waals surface area contributed by atoms with Crippen molar-refractivity contribution in [2.24, 2.45) is 4.99 Å². The number of thioether (sulfide) groups is 1. The molecule has 1 aliphatic rings. The molecule has 18 heteroatoms. The number of aromatic nitrogens is 3. The van der Waals surface area contributed by atoms with Gasteiger partial charge in [-0.25, -0.2) is 18.9 Å². The molecule has 3 amide bonds. The Morgan fingerprint density at radius 1 is 1.04 bits per heavy atom. The molecular weight excluding hydrogens is 671 g/mol.